The van der Waals surface area contributed by atoms with Crippen LogP contribution in [0.25, 0.3) is 6.08 Å². The number of rotatable bonds is 9. The zero-order valence-electron chi connectivity index (χ0n) is 14.5. The van der Waals surface area contributed by atoms with Crippen molar-refractivity contribution < 1.29 is 19.1 Å². The first kappa shape index (κ1) is 20.0. The van der Waals surface area contributed by atoms with Gasteiger partial charge in [-0.15, -0.1) is 0 Å². The van der Waals surface area contributed by atoms with Crippen molar-refractivity contribution in [3.63, 3.8) is 0 Å². The van der Waals surface area contributed by atoms with E-state index in [0.717, 1.165) is 11.1 Å². The van der Waals surface area contributed by atoms with Crippen LogP contribution in [0.3, 0.4) is 0 Å². The van der Waals surface area contributed by atoms with Crippen LogP contribution < -0.4 is 4.74 Å². The summed E-state index contributed by atoms with van der Waals surface area (Å²) in [6, 6.07) is 8.76. The van der Waals surface area contributed by atoms with Gasteiger partial charge in [-0.05, 0) is 37.6 Å². The Labute approximate surface area is 147 Å². The zero-order valence-corrected chi connectivity index (χ0v) is 14.5. The topological polar surface area (TPSA) is 79.6 Å². The fourth-order valence-corrected chi connectivity index (χ4v) is 1.93. The summed E-state index contributed by atoms with van der Waals surface area (Å²) in [6.45, 7) is 8.11. The minimum absolute atomic E-state index is 0.0182. The minimum atomic E-state index is -0.593. The maximum absolute atomic E-state index is 12.0. The Morgan fingerprint density at radius 1 is 1.32 bits per heavy atom. The van der Waals surface area contributed by atoms with Gasteiger partial charge in [0.2, 0.25) is 0 Å². The summed E-state index contributed by atoms with van der Waals surface area (Å²) >= 11 is 0. The molecule has 0 unspecified atom stereocenters. The highest BCUT2D eigenvalue weighted by atomic mass is 16.5. The Morgan fingerprint density at radius 2 is 2.00 bits per heavy atom. The predicted octanol–water partition coefficient (Wildman–Crippen LogP) is 2.57. The number of ether oxygens (including phenoxy) is 2. The van der Waals surface area contributed by atoms with Crippen LogP contribution in [0.4, 0.5) is 0 Å². The number of hydrogen-bond acceptors (Lipinski definition) is 5. The second-order valence-electron chi connectivity index (χ2n) is 5.32. The van der Waals surface area contributed by atoms with Crippen LogP contribution in [0, 0.1) is 11.3 Å². The summed E-state index contributed by atoms with van der Waals surface area (Å²) in [5.74, 6) is -0.278. The molecule has 0 aliphatic carbocycles. The fourth-order valence-electron chi connectivity index (χ4n) is 1.93. The number of benzene rings is 1. The Balaban J connectivity index is 2.47. The standard InChI is InChI=1S/C19H22N2O4/c1-4-21(13-15(2)3)18(22)14-25-19(23)10-7-16-5-8-17(9-6-16)24-12-11-20/h5-10H,2,4,12-14H2,1,3H3/b10-7+. The normalized spacial score (nSPS) is 10.1. The molecule has 6 heteroatoms. The Hall–Kier alpha value is -3.07. The first-order chi connectivity index (χ1) is 12.0. The van der Waals surface area contributed by atoms with Crippen LogP contribution in [-0.4, -0.2) is 43.1 Å². The molecule has 0 saturated carbocycles. The molecule has 1 amide bonds. The molecule has 0 heterocycles. The molecule has 132 valence electrons. The van der Waals surface area contributed by atoms with Gasteiger partial charge in [0.25, 0.3) is 5.91 Å². The van der Waals surface area contributed by atoms with E-state index in [1.165, 1.54) is 6.08 Å². The van der Waals surface area contributed by atoms with E-state index in [1.54, 1.807) is 35.2 Å². The van der Waals surface area contributed by atoms with E-state index in [4.69, 9.17) is 14.7 Å². The van der Waals surface area contributed by atoms with Crippen LogP contribution in [0.15, 0.2) is 42.5 Å². The lowest BCUT2D eigenvalue weighted by Gasteiger charge is -2.20. The van der Waals surface area contributed by atoms with Crippen molar-refractivity contribution in [1.29, 1.82) is 5.26 Å². The van der Waals surface area contributed by atoms with E-state index < -0.39 is 5.97 Å². The van der Waals surface area contributed by atoms with Crippen LogP contribution in [0.1, 0.15) is 19.4 Å². The van der Waals surface area contributed by atoms with Crippen molar-refractivity contribution in [1.82, 2.24) is 4.90 Å². The number of likely N-dealkylation sites (N-methyl/N-ethyl adjacent to an activating group) is 1. The second kappa shape index (κ2) is 10.7. The van der Waals surface area contributed by atoms with E-state index in [2.05, 4.69) is 6.58 Å². The van der Waals surface area contributed by atoms with Crippen molar-refractivity contribution in [3.05, 3.63) is 48.1 Å². The summed E-state index contributed by atoms with van der Waals surface area (Å²) in [5, 5.41) is 8.44. The third-order valence-electron chi connectivity index (χ3n) is 3.13. The number of carbonyl (C=O) groups excluding carboxylic acids is 2. The van der Waals surface area contributed by atoms with Gasteiger partial charge in [-0.3, -0.25) is 4.79 Å². The molecule has 1 rings (SSSR count). The molecule has 0 aliphatic rings. The van der Waals surface area contributed by atoms with Gasteiger partial charge in [-0.2, -0.15) is 5.26 Å². The van der Waals surface area contributed by atoms with E-state index in [1.807, 2.05) is 19.9 Å². The smallest absolute Gasteiger partial charge is 0.331 e. The average molecular weight is 342 g/mol. The molecule has 0 N–H and O–H groups in total. The molecule has 0 fully saturated rings. The molecular formula is C19H22N2O4. The minimum Gasteiger partial charge on any atom is -0.479 e. The van der Waals surface area contributed by atoms with Crippen LogP contribution in [0.2, 0.25) is 0 Å². The van der Waals surface area contributed by atoms with Crippen molar-refractivity contribution in [3.8, 4) is 11.8 Å². The first-order valence-electron chi connectivity index (χ1n) is 7.83. The van der Waals surface area contributed by atoms with Gasteiger partial charge in [0.1, 0.15) is 11.8 Å². The molecule has 0 aliphatic heterocycles. The highest BCUT2D eigenvalue weighted by Gasteiger charge is 2.13. The largest absolute Gasteiger partial charge is 0.479 e. The number of amides is 1. The van der Waals surface area contributed by atoms with Crippen LogP contribution in [0.5, 0.6) is 5.75 Å². The van der Waals surface area contributed by atoms with Crippen molar-refractivity contribution in [2.24, 2.45) is 0 Å². The van der Waals surface area contributed by atoms with E-state index in [9.17, 15) is 9.59 Å². The fraction of sp³-hybridized carbons (Fsp3) is 0.316. The van der Waals surface area contributed by atoms with Gasteiger partial charge in [0, 0.05) is 19.2 Å². The zero-order chi connectivity index (χ0) is 18.7. The van der Waals surface area contributed by atoms with Gasteiger partial charge in [-0.1, -0.05) is 24.3 Å². The summed E-state index contributed by atoms with van der Waals surface area (Å²) in [4.78, 5) is 25.2. The molecule has 25 heavy (non-hydrogen) atoms. The number of nitrogens with zero attached hydrogens (tertiary/aromatic N) is 2. The summed E-state index contributed by atoms with van der Waals surface area (Å²) in [5.41, 5.74) is 1.63. The number of nitriles is 1. The van der Waals surface area contributed by atoms with E-state index >= 15 is 0 Å². The summed E-state index contributed by atoms with van der Waals surface area (Å²) in [7, 11) is 0. The van der Waals surface area contributed by atoms with Gasteiger partial charge < -0.3 is 14.4 Å². The van der Waals surface area contributed by atoms with Gasteiger partial charge >= 0.3 is 5.97 Å². The average Bonchev–Trinajstić information content (AvgIpc) is 2.61. The quantitative estimate of drug-likeness (QED) is 0.391. The molecule has 6 nitrogen and oxygen atoms in total. The SMILES string of the molecule is C=C(C)CN(CC)C(=O)COC(=O)/C=C/c1ccc(OCC#N)cc1. The summed E-state index contributed by atoms with van der Waals surface area (Å²) in [6.07, 6.45) is 2.83. The highest BCUT2D eigenvalue weighted by Crippen LogP contribution is 2.13. The molecule has 0 radical (unpaired) electrons. The monoisotopic (exact) mass is 342 g/mol. The Bertz CT molecular complexity index is 672. The molecule has 1 aromatic carbocycles. The Kier molecular flexibility index (Phi) is 8.52. The lowest BCUT2D eigenvalue weighted by molar-refractivity contribution is -0.147. The third-order valence-corrected chi connectivity index (χ3v) is 3.13. The van der Waals surface area contributed by atoms with Crippen molar-refractivity contribution in [2.75, 3.05) is 26.3 Å². The molecular weight excluding hydrogens is 320 g/mol. The predicted molar refractivity (Wildman–Crippen MR) is 94.6 cm³/mol. The lowest BCUT2D eigenvalue weighted by atomic mass is 10.2. The van der Waals surface area contributed by atoms with Crippen LogP contribution >= 0.6 is 0 Å². The maximum Gasteiger partial charge on any atom is 0.331 e. The third kappa shape index (κ3) is 7.84. The molecule has 0 bridgehead atoms. The van der Waals surface area contributed by atoms with Gasteiger partial charge in [0.05, 0.1) is 0 Å². The number of esters is 1. The number of hydrogen-bond donors (Lipinski definition) is 0. The Morgan fingerprint density at radius 3 is 2.56 bits per heavy atom. The molecule has 1 aromatic rings. The second-order valence-corrected chi connectivity index (χ2v) is 5.32. The van der Waals surface area contributed by atoms with Crippen LogP contribution in [-0.2, 0) is 14.3 Å². The van der Waals surface area contributed by atoms with E-state index in [-0.39, 0.29) is 19.1 Å². The first-order valence-corrected chi connectivity index (χ1v) is 7.83. The summed E-state index contributed by atoms with van der Waals surface area (Å²) < 4.78 is 10.1. The van der Waals surface area contributed by atoms with E-state index in [0.29, 0.717) is 18.8 Å². The maximum atomic E-state index is 12.0. The molecule has 0 atom stereocenters. The molecule has 0 spiro atoms. The van der Waals surface area contributed by atoms with Gasteiger partial charge in [0.15, 0.2) is 13.2 Å². The van der Waals surface area contributed by atoms with Gasteiger partial charge in [-0.25, -0.2) is 4.79 Å². The lowest BCUT2D eigenvalue weighted by Crippen LogP contribution is -2.35. The highest BCUT2D eigenvalue weighted by molar-refractivity contribution is 5.89. The molecule has 0 aromatic heterocycles. The van der Waals surface area contributed by atoms with Crippen molar-refractivity contribution >= 4 is 18.0 Å². The number of carbonyl (C=O) groups is 2. The van der Waals surface area contributed by atoms with Crippen molar-refractivity contribution in [2.45, 2.75) is 13.8 Å². The molecule has 0 saturated heterocycles.